The van der Waals surface area contributed by atoms with Gasteiger partial charge in [-0.2, -0.15) is 4.57 Å². The molecular weight excluding hydrogens is 539 g/mol. The average Bonchev–Trinajstić information content (AvgIpc) is 2.98. The standard InChI is InChI=1S/C34H36ClN2O2.ClH/c1-5-36-28(16-12-26-22-30(38-3)18-20-32(26)36)14-10-24-8-7-9-25(34(24)35)11-15-29-17-13-27-23-31(39-4)19-21-33(27)37(29)6-2;/h10-23H,5-9H2,1-4H3;1H/q+1;/p-1. The number of methoxy groups -OCH3 is 2. The second kappa shape index (κ2) is 13.3. The Bertz CT molecular complexity index is 1550. The van der Waals surface area contributed by atoms with Crippen molar-refractivity contribution in [2.45, 2.75) is 39.7 Å². The largest absolute Gasteiger partial charge is 1.00 e. The molecule has 40 heavy (non-hydrogen) atoms. The van der Waals surface area contributed by atoms with E-state index in [0.717, 1.165) is 60.3 Å². The number of hydrogen-bond donors (Lipinski definition) is 0. The van der Waals surface area contributed by atoms with Crippen LogP contribution < -0.4 is 31.3 Å². The van der Waals surface area contributed by atoms with Crippen molar-refractivity contribution >= 4 is 40.3 Å². The van der Waals surface area contributed by atoms with Gasteiger partial charge in [0.05, 0.1) is 19.6 Å². The van der Waals surface area contributed by atoms with Crippen LogP contribution in [-0.4, -0.2) is 20.8 Å². The predicted octanol–water partition coefficient (Wildman–Crippen LogP) is 5.22. The molecule has 208 valence electrons. The van der Waals surface area contributed by atoms with Crippen molar-refractivity contribution < 1.29 is 26.4 Å². The van der Waals surface area contributed by atoms with Gasteiger partial charge in [-0.25, -0.2) is 0 Å². The molecule has 2 aliphatic rings. The Morgan fingerprint density at radius 1 is 0.900 bits per heavy atom. The molecule has 0 saturated carbocycles. The van der Waals surface area contributed by atoms with E-state index in [1.807, 2.05) is 12.1 Å². The van der Waals surface area contributed by atoms with Crippen LogP contribution in [0.5, 0.6) is 11.5 Å². The molecule has 0 N–H and O–H groups in total. The van der Waals surface area contributed by atoms with E-state index in [9.17, 15) is 0 Å². The molecule has 1 aliphatic heterocycles. The second-order valence-electron chi connectivity index (χ2n) is 9.74. The Morgan fingerprint density at radius 2 is 1.68 bits per heavy atom. The Morgan fingerprint density at radius 3 is 2.42 bits per heavy atom. The van der Waals surface area contributed by atoms with Gasteiger partial charge in [0, 0.05) is 46.7 Å². The van der Waals surface area contributed by atoms with Gasteiger partial charge < -0.3 is 26.8 Å². The molecule has 0 spiro atoms. The highest BCUT2D eigenvalue weighted by Crippen LogP contribution is 2.36. The van der Waals surface area contributed by atoms with Crippen LogP contribution in [0.2, 0.25) is 0 Å². The number of hydrogen-bond acceptors (Lipinski definition) is 3. The highest BCUT2D eigenvalue weighted by atomic mass is 35.5. The van der Waals surface area contributed by atoms with Crippen LogP contribution >= 0.6 is 11.6 Å². The molecule has 5 rings (SSSR count). The van der Waals surface area contributed by atoms with E-state index < -0.39 is 0 Å². The third-order valence-corrected chi connectivity index (χ3v) is 8.03. The first-order valence-electron chi connectivity index (χ1n) is 13.7. The summed E-state index contributed by atoms with van der Waals surface area (Å²) >= 11 is 6.98. The van der Waals surface area contributed by atoms with Gasteiger partial charge in [0.15, 0.2) is 0 Å². The van der Waals surface area contributed by atoms with Crippen LogP contribution in [0, 0.1) is 0 Å². The summed E-state index contributed by atoms with van der Waals surface area (Å²) in [5.74, 6) is 1.74. The topological polar surface area (TPSA) is 25.6 Å². The number of rotatable bonds is 7. The lowest BCUT2D eigenvalue weighted by atomic mass is 9.93. The molecule has 0 radical (unpaired) electrons. The number of aryl methyl sites for hydroxylation is 1. The first-order valence-corrected chi connectivity index (χ1v) is 14.1. The number of likely N-dealkylation sites (N-methyl/N-ethyl adjacent to an activating group) is 1. The minimum Gasteiger partial charge on any atom is -1.00 e. The molecule has 0 amide bonds. The third-order valence-electron chi connectivity index (χ3n) is 7.54. The van der Waals surface area contributed by atoms with E-state index in [1.54, 1.807) is 14.2 Å². The fourth-order valence-corrected chi connectivity index (χ4v) is 5.78. The molecular formula is C34H36Cl2N2O2. The van der Waals surface area contributed by atoms with Crippen molar-refractivity contribution in [2.24, 2.45) is 0 Å². The van der Waals surface area contributed by atoms with Crippen LogP contribution in [0.1, 0.15) is 44.4 Å². The highest BCUT2D eigenvalue weighted by molar-refractivity contribution is 6.32. The van der Waals surface area contributed by atoms with Crippen molar-refractivity contribution in [3.63, 3.8) is 0 Å². The van der Waals surface area contributed by atoms with Crippen LogP contribution in [0.3, 0.4) is 0 Å². The zero-order chi connectivity index (χ0) is 27.4. The summed E-state index contributed by atoms with van der Waals surface area (Å²) in [5.41, 5.74) is 8.25. The van der Waals surface area contributed by atoms with Gasteiger partial charge in [-0.15, -0.1) is 0 Å². The molecule has 2 heterocycles. The minimum atomic E-state index is 0. The summed E-state index contributed by atoms with van der Waals surface area (Å²) in [5, 5.41) is 2.04. The normalized spacial score (nSPS) is 17.1. The SMILES string of the molecule is CCN1/C(=C\C=C2/CCCC(/C=C/c3ccc4cc(OC)ccc4[n+]3CC)=C2Cl)C=Cc2cc(OC)ccc21.[Cl-]. The van der Waals surface area contributed by atoms with E-state index in [2.05, 4.69) is 96.2 Å². The smallest absolute Gasteiger partial charge is 0.213 e. The lowest BCUT2D eigenvalue weighted by Crippen LogP contribution is -3.00. The Labute approximate surface area is 249 Å². The fourth-order valence-electron chi connectivity index (χ4n) is 5.46. The molecule has 4 nitrogen and oxygen atoms in total. The van der Waals surface area contributed by atoms with Gasteiger partial charge in [0.2, 0.25) is 11.2 Å². The van der Waals surface area contributed by atoms with Crippen molar-refractivity contribution in [3.8, 4) is 11.5 Å². The molecule has 1 aliphatic carbocycles. The number of pyridine rings is 1. The quantitative estimate of drug-likeness (QED) is 0.362. The Balaban J connectivity index is 0.00000370. The van der Waals surface area contributed by atoms with Crippen LogP contribution in [0.25, 0.3) is 23.1 Å². The van der Waals surface area contributed by atoms with E-state index in [-0.39, 0.29) is 12.4 Å². The van der Waals surface area contributed by atoms with E-state index in [0.29, 0.717) is 0 Å². The van der Waals surface area contributed by atoms with Gasteiger partial charge in [-0.1, -0.05) is 29.8 Å². The molecule has 2 aromatic carbocycles. The number of allylic oxidation sites excluding steroid dienone is 7. The Kier molecular flexibility index (Phi) is 9.78. The molecule has 6 heteroatoms. The van der Waals surface area contributed by atoms with Gasteiger partial charge in [0.1, 0.15) is 18.0 Å². The average molecular weight is 576 g/mol. The first kappa shape index (κ1) is 29.5. The van der Waals surface area contributed by atoms with Gasteiger partial charge >= 0.3 is 0 Å². The van der Waals surface area contributed by atoms with Gasteiger partial charge in [-0.05, 0) is 92.8 Å². The van der Waals surface area contributed by atoms with Crippen molar-refractivity contribution in [1.29, 1.82) is 0 Å². The maximum atomic E-state index is 6.98. The summed E-state index contributed by atoms with van der Waals surface area (Å²) in [7, 11) is 3.41. The second-order valence-corrected chi connectivity index (χ2v) is 10.1. The van der Waals surface area contributed by atoms with Crippen LogP contribution in [-0.2, 0) is 6.54 Å². The lowest BCUT2D eigenvalue weighted by molar-refractivity contribution is -0.669. The maximum absolute atomic E-state index is 6.98. The van der Waals surface area contributed by atoms with Crippen LogP contribution in [0.4, 0.5) is 5.69 Å². The number of ether oxygens (including phenoxy) is 2. The molecule has 0 saturated heterocycles. The van der Waals surface area contributed by atoms with Gasteiger partial charge in [0.25, 0.3) is 0 Å². The number of nitrogens with zero attached hydrogens (tertiary/aromatic N) is 2. The molecule has 0 bridgehead atoms. The number of halogens is 2. The Hall–Kier alpha value is -3.47. The first-order chi connectivity index (χ1) is 19.1. The molecule has 0 unspecified atom stereocenters. The summed E-state index contributed by atoms with van der Waals surface area (Å²) in [6.45, 7) is 6.12. The number of fused-ring (bicyclic) bond motifs is 2. The minimum absolute atomic E-state index is 0. The summed E-state index contributed by atoms with van der Waals surface area (Å²) in [6.07, 6.45) is 16.2. The molecule has 0 atom stereocenters. The summed E-state index contributed by atoms with van der Waals surface area (Å²) in [4.78, 5) is 2.33. The fraction of sp³-hybridized carbons (Fsp3) is 0.265. The van der Waals surface area contributed by atoms with Crippen LogP contribution in [0.15, 0.2) is 94.7 Å². The highest BCUT2D eigenvalue weighted by Gasteiger charge is 2.18. The molecule has 0 fully saturated rings. The zero-order valence-electron chi connectivity index (χ0n) is 23.6. The number of anilines is 1. The number of benzene rings is 2. The summed E-state index contributed by atoms with van der Waals surface area (Å²) in [6, 6.07) is 16.8. The van der Waals surface area contributed by atoms with Crippen molar-refractivity contribution in [1.82, 2.24) is 0 Å². The maximum Gasteiger partial charge on any atom is 0.213 e. The molecule has 1 aromatic heterocycles. The van der Waals surface area contributed by atoms with Gasteiger partial charge in [-0.3, -0.25) is 0 Å². The monoisotopic (exact) mass is 574 g/mol. The zero-order valence-corrected chi connectivity index (χ0v) is 25.1. The third kappa shape index (κ3) is 5.99. The van der Waals surface area contributed by atoms with Crippen molar-refractivity contribution in [2.75, 3.05) is 25.7 Å². The van der Waals surface area contributed by atoms with E-state index in [4.69, 9.17) is 21.1 Å². The molecule has 3 aromatic rings. The summed E-state index contributed by atoms with van der Waals surface area (Å²) < 4.78 is 13.1. The van der Waals surface area contributed by atoms with Crippen molar-refractivity contribution in [3.05, 3.63) is 106 Å². The lowest BCUT2D eigenvalue weighted by Gasteiger charge is -2.29. The predicted molar refractivity (Wildman–Crippen MR) is 163 cm³/mol. The van der Waals surface area contributed by atoms with E-state index in [1.165, 1.54) is 33.3 Å². The number of aromatic nitrogens is 1. The van der Waals surface area contributed by atoms with E-state index >= 15 is 0 Å².